The molecule has 4 rings (SSSR count). The summed E-state index contributed by atoms with van der Waals surface area (Å²) < 4.78 is 20.5. The van der Waals surface area contributed by atoms with Crippen LogP contribution in [0.25, 0.3) is 11.3 Å². The van der Waals surface area contributed by atoms with Gasteiger partial charge in [-0.1, -0.05) is 60.7 Å². The molecule has 0 aliphatic heterocycles. The van der Waals surface area contributed by atoms with E-state index in [9.17, 15) is 9.59 Å². The number of rotatable bonds is 14. The van der Waals surface area contributed by atoms with Gasteiger partial charge in [-0.3, -0.25) is 9.59 Å². The second kappa shape index (κ2) is 14.0. The van der Waals surface area contributed by atoms with Crippen LogP contribution in [-0.2, 0) is 17.9 Å². The number of carbonyl (C=O) groups excluding carboxylic acids is 2. The summed E-state index contributed by atoms with van der Waals surface area (Å²) in [5.74, 6) is 0.980. The number of hydrogen-bond acceptors (Lipinski definition) is 5. The number of Topliss-reactive ketones (excluding diaryl/α,β-unsaturated/α-hetero) is 1. The van der Waals surface area contributed by atoms with Crippen molar-refractivity contribution in [1.82, 2.24) is 4.90 Å². The normalized spacial score (nSPS) is 12.0. The van der Waals surface area contributed by atoms with Crippen molar-refractivity contribution in [3.8, 4) is 17.1 Å². The Morgan fingerprint density at radius 3 is 2.37 bits per heavy atom. The summed E-state index contributed by atoms with van der Waals surface area (Å²) in [5.41, 5.74) is 2.87. The molecule has 0 spiro atoms. The average Bonchev–Trinajstić information content (AvgIpc) is 3.53. The molecule has 1 atom stereocenters. The molecule has 0 fully saturated rings. The second-order valence-electron chi connectivity index (χ2n) is 8.99. The molecule has 6 heteroatoms. The van der Waals surface area contributed by atoms with Gasteiger partial charge in [0.05, 0.1) is 14.2 Å². The molecule has 1 heterocycles. The molecule has 1 N–H and O–H groups in total. The van der Waals surface area contributed by atoms with Gasteiger partial charge in [-0.2, -0.15) is 0 Å². The van der Waals surface area contributed by atoms with Crippen molar-refractivity contribution in [2.24, 2.45) is 0 Å². The molecule has 38 heavy (non-hydrogen) atoms. The van der Waals surface area contributed by atoms with E-state index in [0.29, 0.717) is 36.3 Å². The van der Waals surface area contributed by atoms with Crippen LogP contribution in [0.3, 0.4) is 0 Å². The molecule has 196 valence electrons. The van der Waals surface area contributed by atoms with Crippen molar-refractivity contribution in [2.75, 3.05) is 13.2 Å². The van der Waals surface area contributed by atoms with Gasteiger partial charge >= 0.3 is 0 Å². The molecule has 0 bridgehead atoms. The fraction of sp³-hybridized carbons (Fsp3) is 0.250. The van der Waals surface area contributed by atoms with Crippen LogP contribution in [0.4, 0.5) is 0 Å². The van der Waals surface area contributed by atoms with E-state index < -0.39 is 13.1 Å². The van der Waals surface area contributed by atoms with Crippen LogP contribution < -0.4 is 4.74 Å². The van der Waals surface area contributed by atoms with Crippen molar-refractivity contribution in [3.63, 3.8) is 0 Å². The van der Waals surface area contributed by atoms with Crippen LogP contribution in [0.15, 0.2) is 102 Å². The molecule has 3 aromatic carbocycles. The van der Waals surface area contributed by atoms with Crippen LogP contribution in [0.1, 0.15) is 48.5 Å². The predicted molar refractivity (Wildman–Crippen MR) is 147 cm³/mol. The fourth-order valence-electron chi connectivity index (χ4n) is 4.10. The highest BCUT2D eigenvalue weighted by atomic mass is 16.5. The molecular formula is C32H33NO5. The Labute approximate surface area is 224 Å². The number of nitrogens with zero attached hydrogens (tertiary/aromatic N) is 1. The summed E-state index contributed by atoms with van der Waals surface area (Å²) in [5, 5.41) is 8.84. The zero-order valence-electron chi connectivity index (χ0n) is 22.3. The molecule has 4 aromatic rings. The molecule has 1 unspecified atom stereocenters. The van der Waals surface area contributed by atoms with Crippen molar-refractivity contribution in [3.05, 3.63) is 114 Å². The van der Waals surface area contributed by atoms with Gasteiger partial charge in [-0.15, -0.1) is 0 Å². The van der Waals surface area contributed by atoms with Crippen molar-refractivity contribution in [1.29, 1.82) is 0 Å². The van der Waals surface area contributed by atoms with Gasteiger partial charge in [-0.05, 0) is 55.2 Å². The predicted octanol–water partition coefficient (Wildman–Crippen LogP) is 6.29. The number of unbranched alkanes of at least 4 members (excludes halogenated alkanes) is 2. The van der Waals surface area contributed by atoms with Crippen molar-refractivity contribution >= 4 is 11.7 Å². The first kappa shape index (κ1) is 25.5. The van der Waals surface area contributed by atoms with E-state index in [1.807, 2.05) is 78.9 Å². The molecule has 0 saturated carbocycles. The zero-order chi connectivity index (χ0) is 27.5. The van der Waals surface area contributed by atoms with E-state index >= 15 is 0 Å². The Kier molecular flexibility index (Phi) is 9.36. The van der Waals surface area contributed by atoms with Crippen LogP contribution in [0, 0.1) is 0 Å². The summed E-state index contributed by atoms with van der Waals surface area (Å²) >= 11 is 0. The van der Waals surface area contributed by atoms with E-state index in [-0.39, 0.29) is 18.2 Å². The number of aliphatic hydroxyl groups is 1. The first-order valence-electron chi connectivity index (χ1n) is 13.4. The Bertz CT molecular complexity index is 1320. The Morgan fingerprint density at radius 2 is 1.63 bits per heavy atom. The summed E-state index contributed by atoms with van der Waals surface area (Å²) in [6.45, 7) is -0.660. The lowest BCUT2D eigenvalue weighted by Gasteiger charge is -2.24. The Hall–Kier alpha value is -4.16. The van der Waals surface area contributed by atoms with E-state index in [1.165, 1.54) is 0 Å². The van der Waals surface area contributed by atoms with Gasteiger partial charge < -0.3 is 19.2 Å². The molecule has 1 amide bonds. The number of carbonyl (C=O) groups is 2. The van der Waals surface area contributed by atoms with E-state index in [1.54, 1.807) is 23.3 Å². The van der Waals surface area contributed by atoms with Crippen LogP contribution >= 0.6 is 0 Å². The van der Waals surface area contributed by atoms with Crippen molar-refractivity contribution in [2.45, 2.75) is 38.7 Å². The molecule has 0 radical (unpaired) electrons. The van der Waals surface area contributed by atoms with Gasteiger partial charge in [0, 0.05) is 36.2 Å². The summed E-state index contributed by atoms with van der Waals surface area (Å²) in [4.78, 5) is 26.6. The van der Waals surface area contributed by atoms with Gasteiger partial charge in [0.15, 0.2) is 5.78 Å². The van der Waals surface area contributed by atoms with Gasteiger partial charge in [0.25, 0.3) is 5.91 Å². The molecule has 1 aromatic heterocycles. The molecule has 0 aliphatic rings. The maximum Gasteiger partial charge on any atom is 0.254 e. The number of para-hydroxylation sites is 1. The number of aliphatic hydroxyl groups excluding tert-OH is 1. The van der Waals surface area contributed by atoms with Gasteiger partial charge in [0.2, 0.25) is 0 Å². The minimum absolute atomic E-state index is 0.148. The topological polar surface area (TPSA) is 80.0 Å². The van der Waals surface area contributed by atoms with Crippen LogP contribution in [0.2, 0.25) is 0 Å². The zero-order valence-corrected chi connectivity index (χ0v) is 21.3. The minimum Gasteiger partial charge on any atom is -0.493 e. The first-order valence-corrected chi connectivity index (χ1v) is 12.8. The lowest BCUT2D eigenvalue weighted by atomic mass is 10.1. The van der Waals surface area contributed by atoms with Gasteiger partial charge in [0.1, 0.15) is 18.1 Å². The SMILES string of the molecule is [2H]C(c1ccccc1)N(Cc1ccccc1OCCCCCC(=O)CO)C(=O)c1ccc(-c2ccco2)cc1. The van der Waals surface area contributed by atoms with E-state index in [0.717, 1.165) is 29.7 Å². The maximum atomic E-state index is 13.8. The monoisotopic (exact) mass is 512 g/mol. The highest BCUT2D eigenvalue weighted by Gasteiger charge is 2.19. The van der Waals surface area contributed by atoms with Gasteiger partial charge in [-0.25, -0.2) is 0 Å². The minimum atomic E-state index is -0.916. The highest BCUT2D eigenvalue weighted by molar-refractivity contribution is 5.94. The average molecular weight is 513 g/mol. The number of benzene rings is 3. The third-order valence-corrected chi connectivity index (χ3v) is 6.15. The van der Waals surface area contributed by atoms with Crippen LogP contribution in [0.5, 0.6) is 5.75 Å². The Morgan fingerprint density at radius 1 is 0.868 bits per heavy atom. The lowest BCUT2D eigenvalue weighted by molar-refractivity contribution is -0.121. The number of furan rings is 1. The van der Waals surface area contributed by atoms with E-state index in [4.69, 9.17) is 15.6 Å². The standard InChI is InChI=1S/C32H33NO5/c34-24-29(35)13-5-2-8-20-37-31-14-7-6-12-28(31)23-33(22-25-10-3-1-4-11-25)32(36)27-18-16-26(17-19-27)30-15-9-21-38-30/h1,3-4,6-7,9-12,14-19,21,34H,2,5,8,13,20,22-24H2/i22D. The first-order chi connectivity index (χ1) is 19.1. The summed E-state index contributed by atoms with van der Waals surface area (Å²) in [6.07, 6.45) is 4.27. The largest absolute Gasteiger partial charge is 0.493 e. The fourth-order valence-corrected chi connectivity index (χ4v) is 4.10. The number of ether oxygens (including phenoxy) is 1. The molecule has 0 saturated heterocycles. The summed E-state index contributed by atoms with van der Waals surface area (Å²) in [7, 11) is 0. The summed E-state index contributed by atoms with van der Waals surface area (Å²) in [6, 6.07) is 27.8. The molecular weight excluding hydrogens is 478 g/mol. The number of hydrogen-bond donors (Lipinski definition) is 1. The molecule has 6 nitrogen and oxygen atoms in total. The highest BCUT2D eigenvalue weighted by Crippen LogP contribution is 2.24. The third kappa shape index (κ3) is 7.67. The van der Waals surface area contributed by atoms with Crippen LogP contribution in [-0.4, -0.2) is 34.9 Å². The van der Waals surface area contributed by atoms with E-state index in [2.05, 4.69) is 0 Å². The smallest absolute Gasteiger partial charge is 0.254 e. The quantitative estimate of drug-likeness (QED) is 0.201. The third-order valence-electron chi connectivity index (χ3n) is 6.15. The Balaban J connectivity index is 1.50. The number of ketones is 1. The number of amides is 1. The maximum absolute atomic E-state index is 13.8. The lowest BCUT2D eigenvalue weighted by Crippen LogP contribution is -2.30. The molecule has 0 aliphatic carbocycles. The second-order valence-corrected chi connectivity index (χ2v) is 8.99. The van der Waals surface area contributed by atoms with Crippen molar-refractivity contribution < 1.29 is 25.2 Å².